The Morgan fingerprint density at radius 3 is 2.94 bits per heavy atom. The van der Waals surface area contributed by atoms with Crippen LogP contribution >= 0.6 is 11.8 Å². The summed E-state index contributed by atoms with van der Waals surface area (Å²) in [6, 6.07) is 6.87. The fraction of sp³-hybridized carbons (Fsp3) is 0.538. The van der Waals surface area contributed by atoms with Gasteiger partial charge < -0.3 is 10.0 Å². The van der Waals surface area contributed by atoms with Gasteiger partial charge in [-0.3, -0.25) is 0 Å². The molecule has 0 aliphatic carbocycles. The minimum atomic E-state index is 0.131. The maximum absolute atomic E-state index is 9.10. The second-order valence-corrected chi connectivity index (χ2v) is 5.55. The summed E-state index contributed by atoms with van der Waals surface area (Å²) in [5.41, 5.74) is 3.59. The Morgan fingerprint density at radius 2 is 2.31 bits per heavy atom. The van der Waals surface area contributed by atoms with Gasteiger partial charge >= 0.3 is 0 Å². The molecule has 3 heteroatoms. The van der Waals surface area contributed by atoms with Crippen molar-refractivity contribution >= 4 is 17.4 Å². The summed E-state index contributed by atoms with van der Waals surface area (Å²) < 4.78 is 0. The Balaban J connectivity index is 2.25. The summed E-state index contributed by atoms with van der Waals surface area (Å²) >= 11 is 2.03. The molecular weight excluding hydrogens is 218 g/mol. The third kappa shape index (κ3) is 2.36. The van der Waals surface area contributed by atoms with Crippen molar-refractivity contribution < 1.29 is 5.11 Å². The van der Waals surface area contributed by atoms with E-state index in [4.69, 9.17) is 5.11 Å². The number of aliphatic hydroxyl groups excluding tert-OH is 1. The summed E-state index contributed by atoms with van der Waals surface area (Å²) in [7, 11) is 0. The van der Waals surface area contributed by atoms with E-state index in [2.05, 4.69) is 30.9 Å². The summed E-state index contributed by atoms with van der Waals surface area (Å²) in [6.45, 7) is 5.67. The fourth-order valence-electron chi connectivity index (χ4n) is 2.22. The van der Waals surface area contributed by atoms with E-state index in [1.54, 1.807) is 0 Å². The highest BCUT2D eigenvalue weighted by Crippen LogP contribution is 2.27. The number of hydrogen-bond acceptors (Lipinski definition) is 3. The van der Waals surface area contributed by atoms with Crippen molar-refractivity contribution in [3.8, 4) is 0 Å². The molecule has 1 fully saturated rings. The molecule has 2 nitrogen and oxygen atoms in total. The zero-order valence-electron chi connectivity index (χ0n) is 9.94. The number of nitrogens with zero attached hydrogens (tertiary/aromatic N) is 1. The topological polar surface area (TPSA) is 23.5 Å². The molecule has 1 aliphatic rings. The Hall–Kier alpha value is -0.670. The number of anilines is 1. The molecule has 16 heavy (non-hydrogen) atoms. The lowest BCUT2D eigenvalue weighted by Gasteiger charge is -2.36. The monoisotopic (exact) mass is 237 g/mol. The quantitative estimate of drug-likeness (QED) is 0.854. The SMILES string of the molecule is Cc1cc(CO)ccc1N1CCSCC1C. The van der Waals surface area contributed by atoms with Crippen molar-refractivity contribution in [1.82, 2.24) is 0 Å². The molecule has 2 rings (SSSR count). The highest BCUT2D eigenvalue weighted by atomic mass is 32.2. The van der Waals surface area contributed by atoms with Crippen molar-refractivity contribution in [2.45, 2.75) is 26.5 Å². The first-order valence-corrected chi connectivity index (χ1v) is 6.92. The molecule has 0 amide bonds. The maximum atomic E-state index is 9.10. The van der Waals surface area contributed by atoms with Crippen LogP contribution in [0.25, 0.3) is 0 Å². The minimum Gasteiger partial charge on any atom is -0.392 e. The largest absolute Gasteiger partial charge is 0.392 e. The lowest BCUT2D eigenvalue weighted by molar-refractivity contribution is 0.282. The van der Waals surface area contributed by atoms with Crippen LogP contribution < -0.4 is 4.90 Å². The smallest absolute Gasteiger partial charge is 0.0681 e. The van der Waals surface area contributed by atoms with E-state index in [1.807, 2.05) is 17.8 Å². The second kappa shape index (κ2) is 5.11. The van der Waals surface area contributed by atoms with Gasteiger partial charge in [0.25, 0.3) is 0 Å². The van der Waals surface area contributed by atoms with E-state index in [-0.39, 0.29) is 6.61 Å². The fourth-order valence-corrected chi connectivity index (χ4v) is 3.24. The van der Waals surface area contributed by atoms with Crippen molar-refractivity contribution in [2.75, 3.05) is 23.0 Å². The average Bonchev–Trinajstić information content (AvgIpc) is 2.30. The molecule has 1 aromatic rings. The number of aryl methyl sites for hydroxylation is 1. The molecule has 1 unspecified atom stereocenters. The normalized spacial score (nSPS) is 21.2. The van der Waals surface area contributed by atoms with Crippen LogP contribution in [0.15, 0.2) is 18.2 Å². The van der Waals surface area contributed by atoms with E-state index in [0.717, 1.165) is 12.1 Å². The first-order chi connectivity index (χ1) is 7.72. The Bertz CT molecular complexity index is 367. The van der Waals surface area contributed by atoms with E-state index in [9.17, 15) is 0 Å². The van der Waals surface area contributed by atoms with E-state index >= 15 is 0 Å². The lowest BCUT2D eigenvalue weighted by atomic mass is 10.1. The molecule has 88 valence electrons. The van der Waals surface area contributed by atoms with Crippen molar-refractivity contribution in [1.29, 1.82) is 0 Å². The molecular formula is C13H19NOS. The van der Waals surface area contributed by atoms with Gasteiger partial charge in [-0.1, -0.05) is 12.1 Å². The molecule has 1 aromatic carbocycles. The number of thioether (sulfide) groups is 1. The van der Waals surface area contributed by atoms with Crippen molar-refractivity contribution in [3.05, 3.63) is 29.3 Å². The van der Waals surface area contributed by atoms with Crippen LogP contribution in [0.1, 0.15) is 18.1 Å². The summed E-state index contributed by atoms with van der Waals surface area (Å²) in [5.74, 6) is 2.42. The Labute approximate surface area is 102 Å². The Kier molecular flexibility index (Phi) is 3.77. The van der Waals surface area contributed by atoms with Gasteiger partial charge in [-0.2, -0.15) is 11.8 Å². The first-order valence-electron chi connectivity index (χ1n) is 5.77. The third-order valence-electron chi connectivity index (χ3n) is 3.12. The molecule has 0 aromatic heterocycles. The van der Waals surface area contributed by atoms with Crippen LogP contribution in [0.4, 0.5) is 5.69 Å². The average molecular weight is 237 g/mol. The van der Waals surface area contributed by atoms with Crippen LogP contribution in [0.3, 0.4) is 0 Å². The van der Waals surface area contributed by atoms with Gasteiger partial charge in [-0.15, -0.1) is 0 Å². The zero-order chi connectivity index (χ0) is 11.5. The number of rotatable bonds is 2. The summed E-state index contributed by atoms with van der Waals surface area (Å²) in [5, 5.41) is 9.10. The maximum Gasteiger partial charge on any atom is 0.0681 e. The predicted molar refractivity (Wildman–Crippen MR) is 71.2 cm³/mol. The molecule has 1 N–H and O–H groups in total. The summed E-state index contributed by atoms with van der Waals surface area (Å²) in [4.78, 5) is 2.48. The van der Waals surface area contributed by atoms with Crippen LogP contribution in [0.5, 0.6) is 0 Å². The molecule has 0 radical (unpaired) electrons. The number of aliphatic hydroxyl groups is 1. The highest BCUT2D eigenvalue weighted by molar-refractivity contribution is 7.99. The predicted octanol–water partition coefficient (Wildman–Crippen LogP) is 2.43. The second-order valence-electron chi connectivity index (χ2n) is 4.40. The molecule has 0 bridgehead atoms. The summed E-state index contributed by atoms with van der Waals surface area (Å²) in [6.07, 6.45) is 0. The molecule has 0 spiro atoms. The van der Waals surface area contributed by atoms with Crippen LogP contribution in [0.2, 0.25) is 0 Å². The van der Waals surface area contributed by atoms with Gasteiger partial charge in [0, 0.05) is 29.8 Å². The van der Waals surface area contributed by atoms with Gasteiger partial charge in [0.1, 0.15) is 0 Å². The van der Waals surface area contributed by atoms with Crippen LogP contribution in [-0.4, -0.2) is 29.2 Å². The minimum absolute atomic E-state index is 0.131. The lowest BCUT2D eigenvalue weighted by Crippen LogP contribution is -2.40. The van der Waals surface area contributed by atoms with Gasteiger partial charge in [0.05, 0.1) is 6.61 Å². The first kappa shape index (κ1) is 11.8. The molecule has 1 saturated heterocycles. The van der Waals surface area contributed by atoms with Crippen molar-refractivity contribution in [2.24, 2.45) is 0 Å². The van der Waals surface area contributed by atoms with Crippen molar-refractivity contribution in [3.63, 3.8) is 0 Å². The number of hydrogen-bond donors (Lipinski definition) is 1. The standard InChI is InChI=1S/C13H19NOS/c1-10-7-12(8-15)3-4-13(10)14-5-6-16-9-11(14)2/h3-4,7,11,15H,5-6,8-9H2,1-2H3. The number of benzene rings is 1. The molecule has 1 atom stereocenters. The van der Waals surface area contributed by atoms with Gasteiger partial charge in [0.2, 0.25) is 0 Å². The van der Waals surface area contributed by atoms with Gasteiger partial charge in [-0.25, -0.2) is 0 Å². The molecule has 1 aliphatic heterocycles. The zero-order valence-corrected chi connectivity index (χ0v) is 10.8. The van der Waals surface area contributed by atoms with E-state index in [0.29, 0.717) is 6.04 Å². The van der Waals surface area contributed by atoms with E-state index in [1.165, 1.54) is 22.8 Å². The van der Waals surface area contributed by atoms with Gasteiger partial charge in [0.15, 0.2) is 0 Å². The molecule has 1 heterocycles. The highest BCUT2D eigenvalue weighted by Gasteiger charge is 2.20. The molecule has 0 saturated carbocycles. The third-order valence-corrected chi connectivity index (χ3v) is 4.31. The van der Waals surface area contributed by atoms with E-state index < -0.39 is 0 Å². The van der Waals surface area contributed by atoms with Gasteiger partial charge in [-0.05, 0) is 31.0 Å². The Morgan fingerprint density at radius 1 is 1.50 bits per heavy atom. The van der Waals surface area contributed by atoms with Crippen LogP contribution in [0, 0.1) is 6.92 Å². The van der Waals surface area contributed by atoms with Crippen LogP contribution in [-0.2, 0) is 6.61 Å².